The maximum Gasteiger partial charge on any atom is 0.335 e. The lowest BCUT2D eigenvalue weighted by molar-refractivity contribution is -0.255. The van der Waals surface area contributed by atoms with Crippen LogP contribution in [-0.4, -0.2) is 64.0 Å². The normalized spacial score (nSPS) is 34.8. The van der Waals surface area contributed by atoms with Crippen LogP contribution in [0.15, 0.2) is 0 Å². The number of nitrogens with one attached hydrogen (secondary N) is 1. The van der Waals surface area contributed by atoms with Gasteiger partial charge in [-0.25, -0.2) is 0 Å². The molecule has 0 unspecified atom stereocenters. The molecule has 1 rings (SSSR count). The molecule has 0 aromatic heterocycles. The van der Waals surface area contributed by atoms with Crippen molar-refractivity contribution in [3.8, 4) is 0 Å². The monoisotopic (exact) mass is 271 g/mol. The molecule has 1 aliphatic heterocycles. The number of methoxy groups -OCH3 is 1. The third-order valence-corrected chi connectivity index (χ3v) is 3.40. The smallest absolute Gasteiger partial charge is 0.335 e. The number of rotatable bonds is 5. The zero-order valence-electron chi connectivity index (χ0n) is 9.57. The molecular weight excluding hydrogens is 254 g/mol. The molecule has 0 spiro atoms. The van der Waals surface area contributed by atoms with E-state index in [-0.39, 0.29) is 13.0 Å². The minimum absolute atomic E-state index is 0.0696. The average molecular weight is 271 g/mol. The van der Waals surface area contributed by atoms with Crippen LogP contribution in [0.5, 0.6) is 0 Å². The van der Waals surface area contributed by atoms with E-state index in [0.29, 0.717) is 0 Å². The van der Waals surface area contributed by atoms with E-state index >= 15 is 0 Å². The highest BCUT2D eigenvalue weighted by Gasteiger charge is 2.37. The van der Waals surface area contributed by atoms with Gasteiger partial charge in [0.25, 0.3) is 0 Å². The van der Waals surface area contributed by atoms with Crippen LogP contribution in [0.1, 0.15) is 6.42 Å². The first-order chi connectivity index (χ1) is 7.89. The zero-order valence-corrected chi connectivity index (χ0v) is 10.4. The molecule has 1 aliphatic rings. The second kappa shape index (κ2) is 6.05. The van der Waals surface area contributed by atoms with Gasteiger partial charge in [-0.1, -0.05) is 0 Å². The molecule has 1 heterocycles. The zero-order chi connectivity index (χ0) is 13.1. The Balaban J connectivity index is 2.51. The number of hydrogen-bond acceptors (Lipinski definition) is 7. The summed E-state index contributed by atoms with van der Waals surface area (Å²) in [6.45, 7) is -0.0696. The molecule has 0 aromatic carbocycles. The van der Waals surface area contributed by atoms with Crippen molar-refractivity contribution in [3.63, 3.8) is 0 Å². The van der Waals surface area contributed by atoms with Gasteiger partial charge in [0.05, 0.1) is 19.3 Å². The first kappa shape index (κ1) is 14.8. The Kier molecular flexibility index (Phi) is 5.25. The summed E-state index contributed by atoms with van der Waals surface area (Å²) in [4.78, 5) is 0. The van der Waals surface area contributed by atoms with Crippen molar-refractivity contribution in [1.82, 2.24) is 4.72 Å². The highest BCUT2D eigenvalue weighted by Crippen LogP contribution is 2.20. The van der Waals surface area contributed by atoms with E-state index in [1.165, 1.54) is 7.11 Å². The molecule has 17 heavy (non-hydrogen) atoms. The van der Waals surface area contributed by atoms with Crippen LogP contribution >= 0.6 is 0 Å². The molecule has 3 N–H and O–H groups in total. The van der Waals surface area contributed by atoms with Crippen molar-refractivity contribution in [2.45, 2.75) is 31.0 Å². The van der Waals surface area contributed by atoms with Crippen LogP contribution < -0.4 is 4.72 Å². The summed E-state index contributed by atoms with van der Waals surface area (Å²) < 4.78 is 38.4. The quantitative estimate of drug-likeness (QED) is 0.527. The second-order valence-electron chi connectivity index (χ2n) is 3.63. The maximum absolute atomic E-state index is 11.0. The Labute approximate surface area is 99.7 Å². The van der Waals surface area contributed by atoms with Crippen LogP contribution in [0.2, 0.25) is 0 Å². The molecular formula is C8H17NO7S. The second-order valence-corrected chi connectivity index (χ2v) is 5.16. The lowest BCUT2D eigenvalue weighted by Gasteiger charge is -2.36. The minimum atomic E-state index is -3.79. The Morgan fingerprint density at radius 3 is 2.59 bits per heavy atom. The lowest BCUT2D eigenvalue weighted by atomic mass is 10.0. The van der Waals surface area contributed by atoms with E-state index in [9.17, 15) is 18.6 Å². The van der Waals surface area contributed by atoms with Gasteiger partial charge < -0.3 is 19.7 Å². The molecule has 0 bridgehead atoms. The third-order valence-electron chi connectivity index (χ3n) is 2.44. The summed E-state index contributed by atoms with van der Waals surface area (Å²) in [6, 6.07) is 0. The molecule has 0 saturated carbocycles. The number of aliphatic hydroxyl groups excluding tert-OH is 2. The highest BCUT2D eigenvalue weighted by molar-refractivity contribution is 7.84. The number of hydrogen-bond donors (Lipinski definition) is 3. The molecule has 0 radical (unpaired) electrons. The summed E-state index contributed by atoms with van der Waals surface area (Å²) in [5, 5.41) is 19.0. The van der Waals surface area contributed by atoms with E-state index in [1.807, 2.05) is 0 Å². The summed E-state index contributed by atoms with van der Waals surface area (Å²) in [5.41, 5.74) is 0. The first-order valence-electron chi connectivity index (χ1n) is 4.99. The number of aliphatic hydroxyl groups is 2. The van der Waals surface area contributed by atoms with Gasteiger partial charge in [0, 0.05) is 20.1 Å². The van der Waals surface area contributed by atoms with Gasteiger partial charge in [-0.2, -0.15) is 13.1 Å². The average Bonchev–Trinajstić information content (AvgIpc) is 2.30. The predicted octanol–water partition coefficient (Wildman–Crippen LogP) is -2.05. The number of ether oxygens (including phenoxy) is 2. The largest absolute Gasteiger partial charge is 0.390 e. The van der Waals surface area contributed by atoms with Crippen molar-refractivity contribution in [3.05, 3.63) is 0 Å². The van der Waals surface area contributed by atoms with Gasteiger partial charge in [0.2, 0.25) is 0 Å². The van der Waals surface area contributed by atoms with Gasteiger partial charge >= 0.3 is 10.3 Å². The molecule has 0 aliphatic carbocycles. The predicted molar refractivity (Wildman–Crippen MR) is 56.2 cm³/mol. The molecule has 0 aromatic rings. The Morgan fingerprint density at radius 2 is 2.06 bits per heavy atom. The van der Waals surface area contributed by atoms with Gasteiger partial charge in [-0.3, -0.25) is 4.18 Å². The summed E-state index contributed by atoms with van der Waals surface area (Å²) in [5.74, 6) is 0. The van der Waals surface area contributed by atoms with Crippen molar-refractivity contribution < 1.29 is 32.3 Å². The first-order valence-corrected chi connectivity index (χ1v) is 6.40. The highest BCUT2D eigenvalue weighted by atomic mass is 32.2. The van der Waals surface area contributed by atoms with Crippen molar-refractivity contribution in [1.29, 1.82) is 0 Å². The topological polar surface area (TPSA) is 114 Å². The van der Waals surface area contributed by atoms with Gasteiger partial charge in [-0.15, -0.1) is 0 Å². The molecule has 1 saturated heterocycles. The van der Waals surface area contributed by atoms with Gasteiger partial charge in [-0.05, 0) is 0 Å². The van der Waals surface area contributed by atoms with Gasteiger partial charge in [0.1, 0.15) is 6.10 Å². The van der Waals surface area contributed by atoms with Crippen molar-refractivity contribution >= 4 is 10.3 Å². The summed E-state index contributed by atoms with van der Waals surface area (Å²) in [6.07, 6.45) is -3.63. The fraction of sp³-hybridized carbons (Fsp3) is 1.00. The minimum Gasteiger partial charge on any atom is -0.390 e. The fourth-order valence-electron chi connectivity index (χ4n) is 1.50. The maximum atomic E-state index is 11.0. The molecule has 4 atom stereocenters. The van der Waals surface area contributed by atoms with E-state index in [1.54, 1.807) is 0 Å². The van der Waals surface area contributed by atoms with Crippen LogP contribution in [0.3, 0.4) is 0 Å². The fourth-order valence-corrected chi connectivity index (χ4v) is 2.00. The molecule has 102 valence electrons. The summed E-state index contributed by atoms with van der Waals surface area (Å²) in [7, 11) is -1.44. The molecule has 9 heteroatoms. The SMILES string of the molecule is CO[C@@H]1O[C@H](CNS(=O)(=O)OC)C[C@@H](O)[C@H]1O. The van der Waals surface area contributed by atoms with E-state index in [2.05, 4.69) is 8.91 Å². The van der Waals surface area contributed by atoms with E-state index in [0.717, 1.165) is 7.11 Å². The third kappa shape index (κ3) is 4.14. The lowest BCUT2D eigenvalue weighted by Crippen LogP contribution is -2.51. The molecule has 1 fully saturated rings. The summed E-state index contributed by atoms with van der Waals surface area (Å²) >= 11 is 0. The van der Waals surface area contributed by atoms with Crippen LogP contribution in [0.4, 0.5) is 0 Å². The van der Waals surface area contributed by atoms with Crippen LogP contribution in [0.25, 0.3) is 0 Å². The van der Waals surface area contributed by atoms with E-state index in [4.69, 9.17) is 9.47 Å². The van der Waals surface area contributed by atoms with Gasteiger partial charge in [0.15, 0.2) is 6.29 Å². The van der Waals surface area contributed by atoms with Crippen LogP contribution in [-0.2, 0) is 24.0 Å². The van der Waals surface area contributed by atoms with E-state index < -0.39 is 34.9 Å². The van der Waals surface area contributed by atoms with Crippen molar-refractivity contribution in [2.24, 2.45) is 0 Å². The Bertz CT molecular complexity index is 333. The molecule has 0 amide bonds. The molecule has 8 nitrogen and oxygen atoms in total. The van der Waals surface area contributed by atoms with Crippen LogP contribution in [0, 0.1) is 0 Å². The van der Waals surface area contributed by atoms with Crippen molar-refractivity contribution in [2.75, 3.05) is 20.8 Å². The Morgan fingerprint density at radius 1 is 1.41 bits per heavy atom. The Hall–Kier alpha value is -0.290. The standard InChI is InChI=1S/C8H17NO7S/c1-14-8-7(11)6(10)3-5(16-8)4-9-17(12,13)15-2/h5-11H,3-4H2,1-2H3/t5-,6+,7+,8+/m0/s1.